The van der Waals surface area contributed by atoms with Crippen LogP contribution in [0, 0.1) is 0 Å². The molecule has 0 aliphatic carbocycles. The van der Waals surface area contributed by atoms with Crippen molar-refractivity contribution in [2.24, 2.45) is 0 Å². The first-order valence-electron chi connectivity index (χ1n) is 4.96. The van der Waals surface area contributed by atoms with E-state index in [1.807, 2.05) is 0 Å². The molecular weight excluding hydrogens is 236 g/mol. The summed E-state index contributed by atoms with van der Waals surface area (Å²) in [7, 11) is 0. The molecule has 0 aliphatic heterocycles. The molecule has 1 rings (SSSR count). The van der Waals surface area contributed by atoms with Gasteiger partial charge in [-0.3, -0.25) is 9.59 Å². The van der Waals surface area contributed by atoms with Gasteiger partial charge >= 0.3 is 5.97 Å². The Balaban J connectivity index is 3.03. The van der Waals surface area contributed by atoms with Gasteiger partial charge in [-0.25, -0.2) is 4.79 Å². The lowest BCUT2D eigenvalue weighted by Crippen LogP contribution is -2.25. The highest BCUT2D eigenvalue weighted by Crippen LogP contribution is 2.12. The molecule has 1 aromatic carbocycles. The van der Waals surface area contributed by atoms with Crippen LogP contribution < -0.4 is 11.1 Å². The monoisotopic (exact) mass is 248 g/mol. The van der Waals surface area contributed by atoms with Crippen LogP contribution in [0.25, 0.3) is 0 Å². The van der Waals surface area contributed by atoms with Crippen molar-refractivity contribution in [2.45, 2.75) is 6.92 Å². The number of ketones is 1. The third-order valence-corrected chi connectivity index (χ3v) is 2.15. The zero-order valence-corrected chi connectivity index (χ0v) is 9.69. The zero-order valence-electron chi connectivity index (χ0n) is 9.69. The van der Waals surface area contributed by atoms with Gasteiger partial charge in [0.2, 0.25) is 0 Å². The van der Waals surface area contributed by atoms with Crippen LogP contribution in [0.2, 0.25) is 0 Å². The van der Waals surface area contributed by atoms with Crippen LogP contribution in [0.4, 0.5) is 5.69 Å². The first-order valence-corrected chi connectivity index (χ1v) is 4.96. The van der Waals surface area contributed by atoms with Crippen molar-refractivity contribution in [3.05, 3.63) is 41.6 Å². The van der Waals surface area contributed by atoms with Crippen molar-refractivity contribution in [1.29, 1.82) is 0 Å². The average molecular weight is 248 g/mol. The summed E-state index contributed by atoms with van der Waals surface area (Å²) in [5.74, 6) is -2.21. The zero-order chi connectivity index (χ0) is 13.9. The minimum Gasteiger partial charge on any atom is -0.478 e. The summed E-state index contributed by atoms with van der Waals surface area (Å²) in [5.41, 5.74) is 5.52. The highest BCUT2D eigenvalue weighted by atomic mass is 16.4. The van der Waals surface area contributed by atoms with Crippen molar-refractivity contribution < 1.29 is 19.5 Å². The summed E-state index contributed by atoms with van der Waals surface area (Å²) in [5, 5.41) is 11.1. The molecule has 0 saturated heterocycles. The Morgan fingerprint density at radius 2 is 1.78 bits per heavy atom. The first-order chi connectivity index (χ1) is 8.31. The molecule has 0 heterocycles. The quantitative estimate of drug-likeness (QED) is 0.539. The SMILES string of the molecule is C=C(NC(=O)c1cc(N)cc(C(=O)O)c1)C(C)=O. The number of carboxylic acids is 1. The number of carbonyl (C=O) groups excluding carboxylic acids is 2. The van der Waals surface area contributed by atoms with Gasteiger partial charge in [0.1, 0.15) is 0 Å². The van der Waals surface area contributed by atoms with E-state index >= 15 is 0 Å². The number of carbonyl (C=O) groups is 3. The summed E-state index contributed by atoms with van der Waals surface area (Å²) in [4.78, 5) is 33.4. The van der Waals surface area contributed by atoms with Gasteiger partial charge in [0.05, 0.1) is 11.3 Å². The van der Waals surface area contributed by atoms with Crippen LogP contribution in [0.15, 0.2) is 30.5 Å². The molecule has 0 aromatic heterocycles. The van der Waals surface area contributed by atoms with E-state index in [0.717, 1.165) is 0 Å². The van der Waals surface area contributed by atoms with Gasteiger partial charge < -0.3 is 16.2 Å². The number of hydrogen-bond acceptors (Lipinski definition) is 4. The highest BCUT2D eigenvalue weighted by Gasteiger charge is 2.13. The second-order valence-electron chi connectivity index (χ2n) is 3.64. The van der Waals surface area contributed by atoms with Crippen LogP contribution in [0.1, 0.15) is 27.6 Å². The molecule has 0 bridgehead atoms. The number of nitrogen functional groups attached to an aromatic ring is 1. The molecule has 0 spiro atoms. The summed E-state index contributed by atoms with van der Waals surface area (Å²) in [6.45, 7) is 4.63. The maximum absolute atomic E-state index is 11.7. The Labute approximate surface area is 103 Å². The molecule has 1 aromatic rings. The van der Waals surface area contributed by atoms with Crippen LogP contribution >= 0.6 is 0 Å². The van der Waals surface area contributed by atoms with Gasteiger partial charge in [0.15, 0.2) is 5.78 Å². The van der Waals surface area contributed by atoms with Gasteiger partial charge in [-0.05, 0) is 18.2 Å². The number of anilines is 1. The fraction of sp³-hybridized carbons (Fsp3) is 0.0833. The molecule has 94 valence electrons. The molecule has 0 aliphatic rings. The predicted molar refractivity (Wildman–Crippen MR) is 65.1 cm³/mol. The lowest BCUT2D eigenvalue weighted by molar-refractivity contribution is -0.113. The van der Waals surface area contributed by atoms with E-state index in [2.05, 4.69) is 11.9 Å². The maximum atomic E-state index is 11.7. The number of carboxylic acid groups (broad SMARTS) is 1. The van der Waals surface area contributed by atoms with E-state index in [0.29, 0.717) is 0 Å². The number of nitrogens with one attached hydrogen (secondary N) is 1. The number of Topliss-reactive ketones (excluding diaryl/α,β-unsaturated/α-hetero) is 1. The van der Waals surface area contributed by atoms with Crippen LogP contribution in [-0.2, 0) is 4.79 Å². The fourth-order valence-corrected chi connectivity index (χ4v) is 1.20. The third-order valence-electron chi connectivity index (χ3n) is 2.15. The number of rotatable bonds is 4. The highest BCUT2D eigenvalue weighted by molar-refractivity contribution is 6.04. The second kappa shape index (κ2) is 5.13. The minimum absolute atomic E-state index is 0.0507. The van der Waals surface area contributed by atoms with Crippen molar-refractivity contribution in [2.75, 3.05) is 5.73 Å². The lowest BCUT2D eigenvalue weighted by atomic mass is 10.1. The van der Waals surface area contributed by atoms with Crippen molar-refractivity contribution >= 4 is 23.3 Å². The standard InChI is InChI=1S/C12H12N2O4/c1-6(7(2)15)14-11(16)8-3-9(12(17)18)5-10(13)4-8/h3-5H,1,13H2,2H3,(H,14,16)(H,17,18). The molecule has 1 amide bonds. The Kier molecular flexibility index (Phi) is 3.83. The fourth-order valence-electron chi connectivity index (χ4n) is 1.20. The first kappa shape index (κ1) is 13.4. The molecule has 0 atom stereocenters. The van der Waals surface area contributed by atoms with Gasteiger partial charge in [0, 0.05) is 18.2 Å². The van der Waals surface area contributed by atoms with E-state index in [1.165, 1.54) is 25.1 Å². The van der Waals surface area contributed by atoms with E-state index in [9.17, 15) is 14.4 Å². The molecule has 0 saturated carbocycles. The Bertz CT molecular complexity index is 549. The van der Waals surface area contributed by atoms with Crippen LogP contribution in [0.3, 0.4) is 0 Å². The predicted octanol–water partition coefficient (Wildman–Crippen LogP) is 0.800. The van der Waals surface area contributed by atoms with Crippen molar-refractivity contribution in [1.82, 2.24) is 5.32 Å². The summed E-state index contributed by atoms with van der Waals surface area (Å²) in [6.07, 6.45) is 0. The number of hydrogen-bond donors (Lipinski definition) is 3. The molecule has 0 fully saturated rings. The number of amides is 1. The lowest BCUT2D eigenvalue weighted by Gasteiger charge is -2.07. The van der Waals surface area contributed by atoms with E-state index in [-0.39, 0.29) is 28.3 Å². The number of aromatic carboxylic acids is 1. The number of nitrogens with two attached hydrogens (primary N) is 1. The summed E-state index contributed by atoms with van der Waals surface area (Å²) >= 11 is 0. The number of benzene rings is 1. The largest absolute Gasteiger partial charge is 0.478 e. The van der Waals surface area contributed by atoms with Gasteiger partial charge in [0.25, 0.3) is 5.91 Å². The van der Waals surface area contributed by atoms with E-state index in [1.54, 1.807) is 0 Å². The molecule has 0 radical (unpaired) electrons. The van der Waals surface area contributed by atoms with E-state index < -0.39 is 11.9 Å². The number of allylic oxidation sites excluding steroid dienone is 1. The van der Waals surface area contributed by atoms with Crippen molar-refractivity contribution in [3.8, 4) is 0 Å². The Hall–Kier alpha value is -2.63. The molecule has 0 unspecified atom stereocenters. The molecule has 6 heteroatoms. The summed E-state index contributed by atoms with van der Waals surface area (Å²) in [6, 6.07) is 3.72. The van der Waals surface area contributed by atoms with Gasteiger partial charge in [-0.2, -0.15) is 0 Å². The minimum atomic E-state index is -1.19. The Morgan fingerprint density at radius 1 is 1.22 bits per heavy atom. The third kappa shape index (κ3) is 3.18. The summed E-state index contributed by atoms with van der Waals surface area (Å²) < 4.78 is 0. The van der Waals surface area contributed by atoms with Gasteiger partial charge in [-0.15, -0.1) is 0 Å². The maximum Gasteiger partial charge on any atom is 0.335 e. The smallest absolute Gasteiger partial charge is 0.335 e. The van der Waals surface area contributed by atoms with Crippen LogP contribution in [0.5, 0.6) is 0 Å². The van der Waals surface area contributed by atoms with E-state index in [4.69, 9.17) is 10.8 Å². The molecule has 18 heavy (non-hydrogen) atoms. The van der Waals surface area contributed by atoms with Crippen molar-refractivity contribution in [3.63, 3.8) is 0 Å². The molecular formula is C12H12N2O4. The Morgan fingerprint density at radius 3 is 2.28 bits per heavy atom. The normalized spacial score (nSPS) is 9.61. The topological polar surface area (TPSA) is 109 Å². The van der Waals surface area contributed by atoms with Crippen LogP contribution in [-0.4, -0.2) is 22.8 Å². The molecule has 4 N–H and O–H groups in total. The second-order valence-corrected chi connectivity index (χ2v) is 3.64. The average Bonchev–Trinajstić information content (AvgIpc) is 2.27. The van der Waals surface area contributed by atoms with Gasteiger partial charge in [-0.1, -0.05) is 6.58 Å². The molecule has 6 nitrogen and oxygen atoms in total.